The maximum atomic E-state index is 12.9. The van der Waals surface area contributed by atoms with Crippen LogP contribution in [0, 0.1) is 11.8 Å². The van der Waals surface area contributed by atoms with Gasteiger partial charge in [0.2, 0.25) is 5.91 Å². The van der Waals surface area contributed by atoms with Crippen LogP contribution in [0.15, 0.2) is 22.8 Å². The Kier molecular flexibility index (Phi) is 4.67. The minimum Gasteiger partial charge on any atom is -0.310 e. The lowest BCUT2D eigenvalue weighted by atomic mass is 9.78. The average molecular weight is 351 g/mol. The lowest BCUT2D eigenvalue weighted by molar-refractivity contribution is -0.197. The normalized spacial score (nSPS) is 23.4. The molecular weight excluding hydrogens is 337 g/mol. The van der Waals surface area contributed by atoms with Gasteiger partial charge in [-0.15, -0.1) is 0 Å². The van der Waals surface area contributed by atoms with Crippen molar-refractivity contribution in [2.75, 3.05) is 5.32 Å². The summed E-state index contributed by atoms with van der Waals surface area (Å²) >= 11 is 3.20. The number of hydrogen-bond donors (Lipinski definition) is 1. The van der Waals surface area contributed by atoms with Crippen LogP contribution in [-0.4, -0.2) is 17.1 Å². The summed E-state index contributed by atoms with van der Waals surface area (Å²) in [6.07, 6.45) is -1.38. The highest BCUT2D eigenvalue weighted by Crippen LogP contribution is 2.41. The minimum absolute atomic E-state index is 0.0232. The number of nitrogens with zero attached hydrogens (tertiary/aromatic N) is 1. The molecule has 1 aliphatic carbocycles. The Morgan fingerprint density at radius 3 is 2.60 bits per heavy atom. The van der Waals surface area contributed by atoms with Gasteiger partial charge in [0.05, 0.1) is 5.92 Å². The smallest absolute Gasteiger partial charge is 0.310 e. The molecule has 20 heavy (non-hydrogen) atoms. The van der Waals surface area contributed by atoms with Crippen molar-refractivity contribution in [1.29, 1.82) is 0 Å². The zero-order valence-electron chi connectivity index (χ0n) is 10.6. The van der Waals surface area contributed by atoms with Gasteiger partial charge in [0.15, 0.2) is 0 Å². The van der Waals surface area contributed by atoms with Crippen LogP contribution in [0.5, 0.6) is 0 Å². The zero-order chi connectivity index (χ0) is 14.8. The van der Waals surface area contributed by atoms with Gasteiger partial charge in [-0.2, -0.15) is 13.2 Å². The van der Waals surface area contributed by atoms with Gasteiger partial charge in [0, 0.05) is 16.6 Å². The topological polar surface area (TPSA) is 42.0 Å². The van der Waals surface area contributed by atoms with E-state index in [4.69, 9.17) is 0 Å². The summed E-state index contributed by atoms with van der Waals surface area (Å²) in [5.74, 6) is -2.90. The number of aromatic nitrogens is 1. The van der Waals surface area contributed by atoms with Crippen LogP contribution < -0.4 is 5.32 Å². The molecule has 0 radical (unpaired) electrons. The second kappa shape index (κ2) is 6.11. The first-order valence-electron chi connectivity index (χ1n) is 6.37. The highest BCUT2D eigenvalue weighted by Gasteiger charge is 2.48. The molecule has 1 saturated carbocycles. The van der Waals surface area contributed by atoms with E-state index < -0.39 is 23.9 Å². The van der Waals surface area contributed by atoms with E-state index in [1.165, 1.54) is 6.20 Å². The van der Waals surface area contributed by atoms with E-state index in [0.29, 0.717) is 12.8 Å². The lowest BCUT2D eigenvalue weighted by Gasteiger charge is -2.31. The summed E-state index contributed by atoms with van der Waals surface area (Å²) in [7, 11) is 0. The third kappa shape index (κ3) is 3.71. The monoisotopic (exact) mass is 350 g/mol. The first-order valence-corrected chi connectivity index (χ1v) is 7.16. The van der Waals surface area contributed by atoms with Crippen molar-refractivity contribution in [3.05, 3.63) is 22.8 Å². The largest absolute Gasteiger partial charge is 0.392 e. The number of hydrogen-bond acceptors (Lipinski definition) is 2. The number of carbonyl (C=O) groups is 1. The highest BCUT2D eigenvalue weighted by molar-refractivity contribution is 9.10. The quantitative estimate of drug-likeness (QED) is 0.870. The van der Waals surface area contributed by atoms with Crippen molar-refractivity contribution in [2.24, 2.45) is 11.8 Å². The van der Waals surface area contributed by atoms with Crippen molar-refractivity contribution in [3.63, 3.8) is 0 Å². The van der Waals surface area contributed by atoms with E-state index in [2.05, 4.69) is 26.2 Å². The molecule has 0 aromatic carbocycles. The first-order chi connectivity index (χ1) is 9.38. The second-order valence-corrected chi connectivity index (χ2v) is 5.81. The van der Waals surface area contributed by atoms with Gasteiger partial charge in [0.1, 0.15) is 5.82 Å². The zero-order valence-corrected chi connectivity index (χ0v) is 12.2. The van der Waals surface area contributed by atoms with Crippen LogP contribution in [0.4, 0.5) is 19.0 Å². The molecule has 2 rings (SSSR count). The van der Waals surface area contributed by atoms with E-state index in [1.807, 2.05) is 0 Å². The minimum atomic E-state index is -4.32. The van der Waals surface area contributed by atoms with Crippen molar-refractivity contribution >= 4 is 27.7 Å². The summed E-state index contributed by atoms with van der Waals surface area (Å²) in [4.78, 5) is 16.0. The molecular formula is C13H14BrF3N2O. The van der Waals surface area contributed by atoms with Crippen molar-refractivity contribution < 1.29 is 18.0 Å². The molecule has 0 spiro atoms. The summed E-state index contributed by atoms with van der Waals surface area (Å²) in [6, 6.07) is 3.22. The number of halogens is 4. The molecule has 1 aliphatic rings. The van der Waals surface area contributed by atoms with Crippen molar-refractivity contribution in [2.45, 2.75) is 31.9 Å². The number of anilines is 1. The van der Waals surface area contributed by atoms with Crippen LogP contribution in [0.3, 0.4) is 0 Å². The van der Waals surface area contributed by atoms with Gasteiger partial charge in [-0.25, -0.2) is 4.98 Å². The van der Waals surface area contributed by atoms with Gasteiger partial charge in [-0.1, -0.05) is 12.8 Å². The summed E-state index contributed by atoms with van der Waals surface area (Å²) in [5.41, 5.74) is 0. The Balaban J connectivity index is 2.08. The predicted molar refractivity (Wildman–Crippen MR) is 72.1 cm³/mol. The number of carbonyl (C=O) groups excluding carboxylic acids is 1. The number of nitrogens with one attached hydrogen (secondary N) is 1. The lowest BCUT2D eigenvalue weighted by Crippen LogP contribution is -2.39. The second-order valence-electron chi connectivity index (χ2n) is 4.89. The van der Waals surface area contributed by atoms with Crippen molar-refractivity contribution in [1.82, 2.24) is 4.98 Å². The highest BCUT2D eigenvalue weighted by atomic mass is 79.9. The Morgan fingerprint density at radius 2 is 2.00 bits per heavy atom. The molecule has 1 fully saturated rings. The number of alkyl halides is 3. The summed E-state index contributed by atoms with van der Waals surface area (Å²) in [5, 5.41) is 2.47. The molecule has 0 bridgehead atoms. The predicted octanol–water partition coefficient (Wildman–Crippen LogP) is 4.15. The Hall–Kier alpha value is -1.11. The fourth-order valence-corrected chi connectivity index (χ4v) is 2.74. The fourth-order valence-electron chi connectivity index (χ4n) is 2.51. The van der Waals surface area contributed by atoms with Crippen LogP contribution in [0.1, 0.15) is 25.7 Å². The van der Waals surface area contributed by atoms with Gasteiger partial charge in [-0.3, -0.25) is 4.79 Å². The molecule has 1 aromatic rings. The number of pyridine rings is 1. The third-order valence-corrected chi connectivity index (χ3v) is 3.97. The number of amides is 1. The summed E-state index contributed by atoms with van der Waals surface area (Å²) < 4.78 is 39.6. The van der Waals surface area contributed by atoms with Crippen LogP contribution in [0.2, 0.25) is 0 Å². The molecule has 1 heterocycles. The molecule has 110 valence electrons. The van der Waals surface area contributed by atoms with Gasteiger partial charge < -0.3 is 5.32 Å². The maximum Gasteiger partial charge on any atom is 0.392 e. The molecule has 2 atom stereocenters. The fraction of sp³-hybridized carbons (Fsp3) is 0.538. The Morgan fingerprint density at radius 1 is 1.30 bits per heavy atom. The standard InChI is InChI=1S/C13H14BrF3N2O/c14-8-5-6-11(18-7-8)19-12(20)9-3-1-2-4-10(9)13(15,16)17/h5-7,9-10H,1-4H2,(H,18,19,20). The molecule has 3 nitrogen and oxygen atoms in total. The molecule has 1 N–H and O–H groups in total. The molecule has 1 amide bonds. The average Bonchev–Trinajstić information content (AvgIpc) is 2.40. The molecule has 1 aromatic heterocycles. The summed E-state index contributed by atoms with van der Waals surface area (Å²) in [6.45, 7) is 0. The Bertz CT molecular complexity index is 475. The molecule has 2 unspecified atom stereocenters. The Labute approximate surface area is 123 Å². The van der Waals surface area contributed by atoms with Gasteiger partial charge in [0.25, 0.3) is 0 Å². The van der Waals surface area contributed by atoms with E-state index in [0.717, 1.165) is 4.47 Å². The van der Waals surface area contributed by atoms with Crippen LogP contribution in [0.25, 0.3) is 0 Å². The third-order valence-electron chi connectivity index (χ3n) is 3.50. The van der Waals surface area contributed by atoms with Crippen LogP contribution in [-0.2, 0) is 4.79 Å². The van der Waals surface area contributed by atoms with E-state index in [1.54, 1.807) is 12.1 Å². The van der Waals surface area contributed by atoms with Crippen LogP contribution >= 0.6 is 15.9 Å². The van der Waals surface area contributed by atoms with E-state index in [9.17, 15) is 18.0 Å². The van der Waals surface area contributed by atoms with Gasteiger partial charge >= 0.3 is 6.18 Å². The first kappa shape index (κ1) is 15.3. The molecule has 7 heteroatoms. The van der Waals surface area contributed by atoms with Crippen molar-refractivity contribution in [3.8, 4) is 0 Å². The van der Waals surface area contributed by atoms with E-state index in [-0.39, 0.29) is 18.7 Å². The van der Waals surface area contributed by atoms with Gasteiger partial charge in [-0.05, 0) is 40.9 Å². The number of rotatable bonds is 2. The SMILES string of the molecule is O=C(Nc1ccc(Br)cn1)C1CCCCC1C(F)(F)F. The molecule has 0 aliphatic heterocycles. The maximum absolute atomic E-state index is 12.9. The van der Waals surface area contributed by atoms with E-state index >= 15 is 0 Å². The molecule has 0 saturated heterocycles.